The topological polar surface area (TPSA) is 64.9 Å². The summed E-state index contributed by atoms with van der Waals surface area (Å²) in [6.07, 6.45) is 1.46. The van der Waals surface area contributed by atoms with E-state index in [0.29, 0.717) is 0 Å². The molecule has 1 amide bonds. The Labute approximate surface area is 149 Å². The third-order valence-corrected chi connectivity index (χ3v) is 4.12. The Bertz CT molecular complexity index is 845. The molecule has 0 atom stereocenters. The zero-order valence-electron chi connectivity index (χ0n) is 15.3. The Morgan fingerprint density at radius 3 is 2.04 bits per heavy atom. The van der Waals surface area contributed by atoms with E-state index in [9.17, 15) is 10.1 Å². The van der Waals surface area contributed by atoms with Crippen LogP contribution in [0.15, 0.2) is 42.1 Å². The van der Waals surface area contributed by atoms with Crippen LogP contribution in [0.4, 0.5) is 11.4 Å². The number of benzene rings is 2. The molecule has 128 valence electrons. The van der Waals surface area contributed by atoms with E-state index in [2.05, 4.69) is 10.6 Å². The number of aryl methyl sites for hydroxylation is 5. The van der Waals surface area contributed by atoms with Gasteiger partial charge in [-0.05, 0) is 56.9 Å². The second kappa shape index (κ2) is 7.67. The van der Waals surface area contributed by atoms with Gasteiger partial charge in [0.25, 0.3) is 5.91 Å². The number of anilines is 2. The molecule has 0 spiro atoms. The van der Waals surface area contributed by atoms with Crippen LogP contribution in [-0.2, 0) is 4.79 Å². The molecule has 2 rings (SSSR count). The van der Waals surface area contributed by atoms with Crippen LogP contribution in [0.5, 0.6) is 0 Å². The highest BCUT2D eigenvalue weighted by molar-refractivity contribution is 6.07. The molecule has 0 unspecified atom stereocenters. The van der Waals surface area contributed by atoms with Gasteiger partial charge < -0.3 is 10.6 Å². The Balaban J connectivity index is 2.24. The van der Waals surface area contributed by atoms with Crippen molar-refractivity contribution in [2.24, 2.45) is 0 Å². The molecule has 2 aromatic carbocycles. The Morgan fingerprint density at radius 1 is 0.960 bits per heavy atom. The highest BCUT2D eigenvalue weighted by Crippen LogP contribution is 2.23. The van der Waals surface area contributed by atoms with Crippen molar-refractivity contribution >= 4 is 17.3 Å². The van der Waals surface area contributed by atoms with Gasteiger partial charge >= 0.3 is 0 Å². The predicted octanol–water partition coefficient (Wildman–Crippen LogP) is 4.69. The fraction of sp³-hybridized carbons (Fsp3) is 0.238. The van der Waals surface area contributed by atoms with Gasteiger partial charge in [0, 0.05) is 17.6 Å². The van der Waals surface area contributed by atoms with Crippen LogP contribution in [0, 0.1) is 45.9 Å². The minimum Gasteiger partial charge on any atom is -0.360 e. The summed E-state index contributed by atoms with van der Waals surface area (Å²) in [4.78, 5) is 12.5. The molecule has 0 aliphatic rings. The number of rotatable bonds is 4. The standard InChI is InChI=1S/C21H23N3O/c1-13-9-16(4)20(17(5)10-13)24-21(25)18(11-22)12-23-19-14(2)7-6-8-15(19)3/h6-10,12,23H,1-5H3,(H,24,25)/b18-12-. The summed E-state index contributed by atoms with van der Waals surface area (Å²) < 4.78 is 0. The van der Waals surface area contributed by atoms with Gasteiger partial charge in [0.2, 0.25) is 0 Å². The van der Waals surface area contributed by atoms with Gasteiger partial charge in [-0.15, -0.1) is 0 Å². The van der Waals surface area contributed by atoms with Gasteiger partial charge in [-0.1, -0.05) is 35.9 Å². The zero-order chi connectivity index (χ0) is 18.6. The second-order valence-electron chi connectivity index (χ2n) is 6.31. The molecule has 0 aliphatic heterocycles. The van der Waals surface area contributed by atoms with Gasteiger partial charge in [0.15, 0.2) is 0 Å². The van der Waals surface area contributed by atoms with E-state index in [-0.39, 0.29) is 5.57 Å². The van der Waals surface area contributed by atoms with Crippen molar-refractivity contribution in [3.05, 3.63) is 69.9 Å². The SMILES string of the molecule is Cc1cc(C)c(NC(=O)/C(C#N)=C\Nc2c(C)cccc2C)c(C)c1. The summed E-state index contributed by atoms with van der Waals surface area (Å²) >= 11 is 0. The van der Waals surface area contributed by atoms with E-state index < -0.39 is 5.91 Å². The van der Waals surface area contributed by atoms with Crippen LogP contribution in [0.25, 0.3) is 0 Å². The first kappa shape index (κ1) is 18.3. The Morgan fingerprint density at radius 2 is 1.52 bits per heavy atom. The van der Waals surface area contributed by atoms with Crippen molar-refractivity contribution in [1.82, 2.24) is 0 Å². The molecule has 0 aliphatic carbocycles. The van der Waals surface area contributed by atoms with Crippen LogP contribution in [0.3, 0.4) is 0 Å². The quantitative estimate of drug-likeness (QED) is 0.630. The van der Waals surface area contributed by atoms with Crippen LogP contribution < -0.4 is 10.6 Å². The number of amides is 1. The molecule has 0 fully saturated rings. The lowest BCUT2D eigenvalue weighted by atomic mass is 10.0. The van der Waals surface area contributed by atoms with Crippen molar-refractivity contribution in [1.29, 1.82) is 5.26 Å². The number of nitrogens with zero attached hydrogens (tertiary/aromatic N) is 1. The summed E-state index contributed by atoms with van der Waals surface area (Å²) in [6, 6.07) is 11.9. The number of hydrogen-bond acceptors (Lipinski definition) is 3. The Hall–Kier alpha value is -3.06. The predicted molar refractivity (Wildman–Crippen MR) is 103 cm³/mol. The first-order valence-corrected chi connectivity index (χ1v) is 8.15. The van der Waals surface area contributed by atoms with Crippen molar-refractivity contribution < 1.29 is 4.79 Å². The molecule has 0 heterocycles. The normalized spacial score (nSPS) is 11.0. The number of carbonyl (C=O) groups is 1. The summed E-state index contributed by atoms with van der Waals surface area (Å²) in [5.41, 5.74) is 6.90. The van der Waals surface area contributed by atoms with Crippen molar-refractivity contribution in [3.8, 4) is 6.07 Å². The van der Waals surface area contributed by atoms with Crippen molar-refractivity contribution in [2.45, 2.75) is 34.6 Å². The average molecular weight is 333 g/mol. The first-order chi connectivity index (χ1) is 11.8. The lowest BCUT2D eigenvalue weighted by Gasteiger charge is -2.13. The van der Waals surface area contributed by atoms with E-state index in [0.717, 1.165) is 39.2 Å². The van der Waals surface area contributed by atoms with Gasteiger partial charge in [-0.3, -0.25) is 4.79 Å². The minimum absolute atomic E-state index is 0.0297. The van der Waals surface area contributed by atoms with E-state index in [1.165, 1.54) is 6.20 Å². The maximum Gasteiger partial charge on any atom is 0.267 e. The lowest BCUT2D eigenvalue weighted by molar-refractivity contribution is -0.112. The molecule has 2 N–H and O–H groups in total. The van der Waals surface area contributed by atoms with E-state index in [4.69, 9.17) is 0 Å². The molecule has 4 heteroatoms. The number of nitriles is 1. The largest absolute Gasteiger partial charge is 0.360 e. The third kappa shape index (κ3) is 4.27. The second-order valence-corrected chi connectivity index (χ2v) is 6.31. The summed E-state index contributed by atoms with van der Waals surface area (Å²) in [7, 11) is 0. The molecule has 4 nitrogen and oxygen atoms in total. The molecular weight excluding hydrogens is 310 g/mol. The molecule has 25 heavy (non-hydrogen) atoms. The Kier molecular flexibility index (Phi) is 5.61. The number of para-hydroxylation sites is 1. The number of nitrogens with one attached hydrogen (secondary N) is 2. The molecule has 2 aromatic rings. The molecule has 0 saturated heterocycles. The molecule has 0 aromatic heterocycles. The monoisotopic (exact) mass is 333 g/mol. The third-order valence-electron chi connectivity index (χ3n) is 4.12. The van der Waals surface area contributed by atoms with Crippen LogP contribution >= 0.6 is 0 Å². The maximum atomic E-state index is 12.5. The average Bonchev–Trinajstić information content (AvgIpc) is 2.53. The fourth-order valence-electron chi connectivity index (χ4n) is 2.89. The molecule has 0 saturated carbocycles. The van der Waals surface area contributed by atoms with Crippen LogP contribution in [-0.4, -0.2) is 5.91 Å². The number of carbonyl (C=O) groups excluding carboxylic acids is 1. The van der Waals surface area contributed by atoms with E-state index in [1.807, 2.05) is 71.0 Å². The minimum atomic E-state index is -0.420. The maximum absolute atomic E-state index is 12.5. The van der Waals surface area contributed by atoms with Crippen LogP contribution in [0.2, 0.25) is 0 Å². The van der Waals surface area contributed by atoms with Crippen molar-refractivity contribution in [3.63, 3.8) is 0 Å². The first-order valence-electron chi connectivity index (χ1n) is 8.15. The molecule has 0 bridgehead atoms. The van der Waals surface area contributed by atoms with E-state index in [1.54, 1.807) is 0 Å². The zero-order valence-corrected chi connectivity index (χ0v) is 15.3. The van der Waals surface area contributed by atoms with E-state index >= 15 is 0 Å². The lowest BCUT2D eigenvalue weighted by Crippen LogP contribution is -2.16. The van der Waals surface area contributed by atoms with Crippen LogP contribution in [0.1, 0.15) is 27.8 Å². The highest BCUT2D eigenvalue weighted by Gasteiger charge is 2.13. The summed E-state index contributed by atoms with van der Waals surface area (Å²) in [6.45, 7) is 9.86. The van der Waals surface area contributed by atoms with Gasteiger partial charge in [-0.2, -0.15) is 5.26 Å². The number of hydrogen-bond donors (Lipinski definition) is 2. The highest BCUT2D eigenvalue weighted by atomic mass is 16.1. The summed E-state index contributed by atoms with van der Waals surface area (Å²) in [5.74, 6) is -0.420. The van der Waals surface area contributed by atoms with Gasteiger partial charge in [-0.25, -0.2) is 0 Å². The molecule has 0 radical (unpaired) electrons. The van der Waals surface area contributed by atoms with Gasteiger partial charge in [0.1, 0.15) is 11.6 Å². The van der Waals surface area contributed by atoms with Crippen molar-refractivity contribution in [2.75, 3.05) is 10.6 Å². The smallest absolute Gasteiger partial charge is 0.267 e. The van der Waals surface area contributed by atoms with Gasteiger partial charge in [0.05, 0.1) is 0 Å². The summed E-state index contributed by atoms with van der Waals surface area (Å²) in [5, 5.41) is 15.3. The molecular formula is C21H23N3O. The fourth-order valence-corrected chi connectivity index (χ4v) is 2.89.